The van der Waals surface area contributed by atoms with Gasteiger partial charge in [0.1, 0.15) is 0 Å². The summed E-state index contributed by atoms with van der Waals surface area (Å²) in [5, 5.41) is 63.0. The molecule has 126 heavy (non-hydrogen) atoms. The van der Waals surface area contributed by atoms with E-state index in [1.807, 2.05) is 0 Å². The van der Waals surface area contributed by atoms with Gasteiger partial charge < -0.3 is 80.0 Å². The molecule has 0 aromatic carbocycles. The summed E-state index contributed by atoms with van der Waals surface area (Å²) < 4.78 is 81.7. The minimum atomic E-state index is -2.42. The summed E-state index contributed by atoms with van der Waals surface area (Å²) in [4.78, 5) is 0. The summed E-state index contributed by atoms with van der Waals surface area (Å²) in [6.07, 6.45) is 14.9. The first-order valence-corrected chi connectivity index (χ1v) is 105. The van der Waals surface area contributed by atoms with Gasteiger partial charge in [0.15, 0.2) is 99.8 Å². The van der Waals surface area contributed by atoms with Crippen molar-refractivity contribution >= 4 is 151 Å². The highest BCUT2D eigenvalue weighted by atomic mass is 28.5. The van der Waals surface area contributed by atoms with Gasteiger partial charge in [-0.15, -0.1) is 0 Å². The van der Waals surface area contributed by atoms with Crippen LogP contribution in [0.15, 0.2) is 0 Å². The second-order valence-corrected chi connectivity index (χ2v) is 132. The minimum Gasteiger partial charge on any atom is -0.437 e. The molecule has 0 aromatic rings. The van der Waals surface area contributed by atoms with Crippen LogP contribution in [-0.2, 0) is 49.4 Å². The number of rotatable bonds is 64. The van der Waals surface area contributed by atoms with Crippen molar-refractivity contribution in [2.24, 2.45) is 50.7 Å². The van der Waals surface area contributed by atoms with Gasteiger partial charge in [-0.3, -0.25) is 0 Å². The topological polar surface area (TPSA) is 232 Å². The third-order valence-electron chi connectivity index (χ3n) is 23.7. The van der Waals surface area contributed by atoms with Gasteiger partial charge in [0.25, 0.3) is 0 Å². The van der Waals surface area contributed by atoms with Crippen molar-refractivity contribution in [1.82, 2.24) is 0 Å². The Balaban J connectivity index is -0.00000180. The van der Waals surface area contributed by atoms with Crippen LogP contribution < -0.4 is 0 Å². The molecule has 36 heteroatoms. The zero-order chi connectivity index (χ0) is 101. The lowest BCUT2D eigenvalue weighted by molar-refractivity contribution is 0.0301. The molecule has 0 amide bonds. The molecule has 0 rings (SSSR count). The summed E-state index contributed by atoms with van der Waals surface area (Å²) in [6, 6.07) is 2.89. The Labute approximate surface area is 803 Å². The van der Waals surface area contributed by atoms with Crippen LogP contribution in [0.4, 0.5) is 0 Å². The van der Waals surface area contributed by atoms with E-state index >= 15 is 0 Å². The van der Waals surface area contributed by atoms with E-state index in [2.05, 4.69) is 351 Å². The quantitative estimate of drug-likeness (QED) is 0.0311. The molecule has 0 aliphatic heterocycles. The number of aliphatic hydroxyl groups is 6. The molecule has 0 aromatic heterocycles. The van der Waals surface area contributed by atoms with Gasteiger partial charge in [-0.25, -0.2) is 0 Å². The highest BCUT2D eigenvalue weighted by molar-refractivity contribution is 6.92. The maximum atomic E-state index is 10.5. The largest absolute Gasteiger partial charge is 0.437 e. The molecule has 0 aliphatic rings. The SMILES string of the molecule is CC(C)(CCCC(CO)(CO)CCCC(C)(C)C[Si](C)(O[Si](C)(C)C)O[Si](C)(C)C)C[Si](C)(O[Si](C)(C)C)O[Si](C)(C)C.CC(CCC(CO)(CO)CCC(C)C(C)[Si](C)(O[Si](C)(C)C)O[Si](C)(C)C)C[Si](C)(O[Si](C)(C)C)O[Si](C)(C)C.CC(CCCC(CO)(CO)CCCC(C)C(C)[Si](C)(O[Si](C)(C)C)O[Si](C)(C)C)C(C)[Si](C)(O[Si](C)(C)C)O[Si](C)(C)C. The van der Waals surface area contributed by atoms with Crippen molar-refractivity contribution in [3.8, 4) is 0 Å². The Morgan fingerprint density at radius 2 is 0.381 bits per heavy atom. The molecule has 0 spiro atoms. The van der Waals surface area contributed by atoms with Crippen molar-refractivity contribution in [2.75, 3.05) is 39.6 Å². The van der Waals surface area contributed by atoms with Gasteiger partial charge in [0.05, 0.1) is 39.6 Å². The van der Waals surface area contributed by atoms with Crippen LogP contribution in [0.1, 0.15) is 179 Å². The molecule has 0 saturated heterocycles. The molecule has 0 radical (unpaired) electrons. The Morgan fingerprint density at radius 3 is 0.579 bits per heavy atom. The van der Waals surface area contributed by atoms with Gasteiger partial charge in [0, 0.05) is 32.9 Å². The smallest absolute Gasteiger partial charge is 0.317 e. The highest BCUT2D eigenvalue weighted by Gasteiger charge is 2.53. The molecule has 6 N–H and O–H groups in total. The third-order valence-corrected chi connectivity index (χ3v) is 84.5. The van der Waals surface area contributed by atoms with Gasteiger partial charge >= 0.3 is 51.4 Å². The lowest BCUT2D eigenvalue weighted by Crippen LogP contribution is -2.56. The monoisotopic (exact) mass is 2100 g/mol. The Morgan fingerprint density at radius 1 is 0.206 bits per heavy atom. The number of hydrogen-bond acceptors (Lipinski definition) is 18. The van der Waals surface area contributed by atoms with E-state index < -0.39 is 167 Å². The van der Waals surface area contributed by atoms with Crippen LogP contribution in [0, 0.1) is 50.7 Å². The Bertz CT molecular complexity index is 2760. The zero-order valence-corrected chi connectivity index (χ0v) is 112. The average molecular weight is 2100 g/mol. The van der Waals surface area contributed by atoms with Crippen LogP contribution in [0.5, 0.6) is 0 Å². The minimum absolute atomic E-state index is 0.00827. The van der Waals surface area contributed by atoms with E-state index in [4.69, 9.17) is 49.4 Å². The normalized spacial score (nSPS) is 16.7. The Hall–Kier alpha value is 3.18. The van der Waals surface area contributed by atoms with E-state index in [-0.39, 0.29) is 50.5 Å². The lowest BCUT2D eigenvalue weighted by Gasteiger charge is -2.44. The van der Waals surface area contributed by atoms with Crippen molar-refractivity contribution in [2.45, 2.75) is 489 Å². The van der Waals surface area contributed by atoms with Crippen molar-refractivity contribution < 1.29 is 80.0 Å². The van der Waals surface area contributed by atoms with E-state index in [0.29, 0.717) is 40.3 Å². The molecule has 0 aliphatic carbocycles. The van der Waals surface area contributed by atoms with Crippen molar-refractivity contribution in [3.05, 3.63) is 0 Å². The first-order chi connectivity index (χ1) is 55.4. The second-order valence-electron chi connectivity index (χ2n) is 54.3. The standard InChI is InChI=1S/2C31H76O6Si6.C28H70O6Si6/c1-29(2,27-42(17,34-38(5,6)7)35-39(8,9)10)21-19-23-31(25-32,26-33)24-20-22-30(3,4)28-43(18,36-40(11,12)13)37-41(14,15)16;1-27(29(3)42(17,34-38(5,6)7)35-39(8,9)10)21-19-23-31(25-32,26-33)24-20-22-28(2)30(4)43(18,36-40(11,12)13)37-41(14,15)16;1-25(22-39(16,31-35(4,5)6)32-36(7,8)9)18-20-28(23-29,24-30)21-19-26(2)27(3)40(17,33-37(10,11)12)34-38(13,14)15/h32-33H,19-28H2,1-18H3;27-30,32-33H,19-26H2,1-18H3;25-27,29-30H,18-24H2,1-17H3. The fourth-order valence-corrected chi connectivity index (χ4v) is 98.1. The van der Waals surface area contributed by atoms with Crippen molar-refractivity contribution in [3.63, 3.8) is 0 Å². The van der Waals surface area contributed by atoms with Gasteiger partial charge in [0.2, 0.25) is 0 Å². The van der Waals surface area contributed by atoms with Crippen LogP contribution in [0.3, 0.4) is 0 Å². The van der Waals surface area contributed by atoms with E-state index in [1.54, 1.807) is 0 Å². The van der Waals surface area contributed by atoms with Crippen LogP contribution >= 0.6 is 0 Å². The lowest BCUT2D eigenvalue weighted by atomic mass is 9.76. The van der Waals surface area contributed by atoms with Crippen LogP contribution in [-0.4, -0.2) is 221 Å². The maximum Gasteiger partial charge on any atom is 0.317 e. The Kier molecular flexibility index (Phi) is 55.3. The zero-order valence-electron chi connectivity index (χ0n) is 93.8. The summed E-state index contributed by atoms with van der Waals surface area (Å²) in [7, 11) is -35.3. The molecule has 0 fully saturated rings. The van der Waals surface area contributed by atoms with Crippen LogP contribution in [0.25, 0.3) is 0 Å². The van der Waals surface area contributed by atoms with Gasteiger partial charge in [-0.1, -0.05) is 121 Å². The molecular weight excluding hydrogens is 1870 g/mol. The second kappa shape index (κ2) is 52.3. The third kappa shape index (κ3) is 61.0. The average Bonchev–Trinajstić information content (AvgIpc) is 0.796. The summed E-state index contributed by atoms with van der Waals surface area (Å²) in [6.45, 7) is 121. The van der Waals surface area contributed by atoms with E-state index in [1.165, 1.54) is 0 Å². The van der Waals surface area contributed by atoms with Gasteiger partial charge in [-0.2, -0.15) is 0 Å². The van der Waals surface area contributed by atoms with Crippen LogP contribution in [0.2, 0.25) is 310 Å². The molecule has 18 nitrogen and oxygen atoms in total. The molecular formula is C90H222O18Si18. The molecule has 762 valence electrons. The molecule has 0 bridgehead atoms. The van der Waals surface area contributed by atoms with Gasteiger partial charge in [-0.05, 0) is 385 Å². The molecule has 0 saturated carbocycles. The molecule has 7 unspecified atom stereocenters. The predicted molar refractivity (Wildman–Crippen MR) is 593 cm³/mol. The highest BCUT2D eigenvalue weighted by Crippen LogP contribution is 2.48. The van der Waals surface area contributed by atoms with Crippen molar-refractivity contribution in [1.29, 1.82) is 0 Å². The number of aliphatic hydroxyl groups excluding tert-OH is 6. The molecule has 0 heterocycles. The summed E-state index contributed by atoms with van der Waals surface area (Å²) >= 11 is 0. The summed E-state index contributed by atoms with van der Waals surface area (Å²) in [5.74, 6) is 1.70. The first-order valence-electron chi connectivity index (χ1n) is 49.5. The molecule has 7 atom stereocenters. The fourth-order valence-electron chi connectivity index (χ4n) is 19.4. The predicted octanol–water partition coefficient (Wildman–Crippen LogP) is 28.5. The first kappa shape index (κ1) is 133. The van der Waals surface area contributed by atoms with E-state index in [0.717, 1.165) is 121 Å². The maximum absolute atomic E-state index is 10.5. The fraction of sp³-hybridized carbons (Fsp3) is 1.00. The summed E-state index contributed by atoms with van der Waals surface area (Å²) in [5.41, 5.74) is -0.133. The number of hydrogen-bond donors (Lipinski definition) is 6. The van der Waals surface area contributed by atoms with E-state index in [9.17, 15) is 30.6 Å².